The summed E-state index contributed by atoms with van der Waals surface area (Å²) in [5, 5.41) is 3.31. The fourth-order valence-corrected chi connectivity index (χ4v) is 2.09. The topological polar surface area (TPSA) is 29.1 Å². The van der Waals surface area contributed by atoms with Gasteiger partial charge in [0.15, 0.2) is 0 Å². The van der Waals surface area contributed by atoms with E-state index in [-0.39, 0.29) is 5.69 Å². The van der Waals surface area contributed by atoms with Crippen LogP contribution in [0.3, 0.4) is 0 Å². The largest absolute Gasteiger partial charge is 0.320 e. The van der Waals surface area contributed by atoms with Crippen molar-refractivity contribution in [3.05, 3.63) is 70.0 Å². The van der Waals surface area contributed by atoms with Crippen molar-refractivity contribution in [2.24, 2.45) is 0 Å². The van der Waals surface area contributed by atoms with Gasteiger partial charge in [-0.3, -0.25) is 4.79 Å². The molecule has 0 aliphatic heterocycles. The summed E-state index contributed by atoms with van der Waals surface area (Å²) < 4.78 is 13.4. The number of benzene rings is 2. The Bertz CT molecular complexity index is 650. The average molecular weight is 310 g/mol. The quantitative estimate of drug-likeness (QED) is 0.812. The summed E-state index contributed by atoms with van der Waals surface area (Å²) in [6.07, 6.45) is 2.74. The van der Waals surface area contributed by atoms with Crippen LogP contribution in [0.2, 0.25) is 10.0 Å². The van der Waals surface area contributed by atoms with E-state index in [0.717, 1.165) is 0 Å². The normalized spacial score (nSPS) is 10.8. The first-order valence-corrected chi connectivity index (χ1v) is 6.51. The maximum absolute atomic E-state index is 13.4. The van der Waals surface area contributed by atoms with Gasteiger partial charge in [0.05, 0.1) is 5.69 Å². The lowest BCUT2D eigenvalue weighted by Crippen LogP contribution is -2.09. The second-order valence-electron chi connectivity index (χ2n) is 3.94. The van der Waals surface area contributed by atoms with Crippen molar-refractivity contribution in [3.63, 3.8) is 0 Å². The van der Waals surface area contributed by atoms with Crippen LogP contribution in [0.4, 0.5) is 10.1 Å². The van der Waals surface area contributed by atoms with Gasteiger partial charge in [-0.05, 0) is 30.3 Å². The SMILES string of the molecule is O=C(C=Cc1c(Cl)cccc1Cl)Nc1ccccc1F. The molecule has 20 heavy (non-hydrogen) atoms. The van der Waals surface area contributed by atoms with Gasteiger partial charge >= 0.3 is 0 Å². The molecule has 0 spiro atoms. The Labute approximate surface area is 125 Å². The maximum Gasteiger partial charge on any atom is 0.248 e. The maximum atomic E-state index is 13.4. The smallest absolute Gasteiger partial charge is 0.248 e. The molecule has 102 valence electrons. The van der Waals surface area contributed by atoms with Gasteiger partial charge in [-0.25, -0.2) is 4.39 Å². The third kappa shape index (κ3) is 3.59. The van der Waals surface area contributed by atoms with Crippen molar-refractivity contribution in [1.82, 2.24) is 0 Å². The van der Waals surface area contributed by atoms with Crippen LogP contribution in [0.5, 0.6) is 0 Å². The first-order chi connectivity index (χ1) is 9.58. The number of anilines is 1. The van der Waals surface area contributed by atoms with Crippen LogP contribution >= 0.6 is 23.2 Å². The molecule has 0 saturated heterocycles. The Morgan fingerprint density at radius 2 is 1.70 bits per heavy atom. The highest BCUT2D eigenvalue weighted by Crippen LogP contribution is 2.25. The molecular formula is C15H10Cl2FNO. The molecule has 0 fully saturated rings. The molecule has 2 aromatic rings. The van der Waals surface area contributed by atoms with Gasteiger partial charge in [0, 0.05) is 21.7 Å². The Kier molecular flexibility index (Phi) is 4.77. The van der Waals surface area contributed by atoms with Gasteiger partial charge in [-0.1, -0.05) is 41.4 Å². The van der Waals surface area contributed by atoms with Gasteiger partial charge < -0.3 is 5.32 Å². The van der Waals surface area contributed by atoms with E-state index in [2.05, 4.69) is 5.32 Å². The highest BCUT2D eigenvalue weighted by atomic mass is 35.5. The Morgan fingerprint density at radius 3 is 2.35 bits per heavy atom. The summed E-state index contributed by atoms with van der Waals surface area (Å²) in [5.41, 5.74) is 0.659. The lowest BCUT2D eigenvalue weighted by atomic mass is 10.2. The zero-order valence-corrected chi connectivity index (χ0v) is 11.8. The van der Waals surface area contributed by atoms with E-state index in [4.69, 9.17) is 23.2 Å². The number of carbonyl (C=O) groups excluding carboxylic acids is 1. The van der Waals surface area contributed by atoms with Gasteiger partial charge in [0.1, 0.15) is 5.82 Å². The number of carbonyl (C=O) groups is 1. The molecule has 0 heterocycles. The van der Waals surface area contributed by atoms with Crippen molar-refractivity contribution in [1.29, 1.82) is 0 Å². The number of halogens is 3. The standard InChI is InChI=1S/C15H10Cl2FNO/c16-11-4-3-5-12(17)10(11)8-9-15(20)19-14-7-2-1-6-13(14)18/h1-9H,(H,19,20). The molecule has 2 aromatic carbocycles. The van der Waals surface area contributed by atoms with Crippen LogP contribution in [0, 0.1) is 5.82 Å². The van der Waals surface area contributed by atoms with Gasteiger partial charge in [0.2, 0.25) is 5.91 Å². The summed E-state index contributed by atoms with van der Waals surface area (Å²) in [6, 6.07) is 11.0. The first kappa shape index (κ1) is 14.6. The number of hydrogen-bond donors (Lipinski definition) is 1. The number of nitrogens with one attached hydrogen (secondary N) is 1. The van der Waals surface area contributed by atoms with Crippen molar-refractivity contribution >= 4 is 40.9 Å². The average Bonchev–Trinajstić information content (AvgIpc) is 2.41. The van der Waals surface area contributed by atoms with Crippen LogP contribution in [-0.4, -0.2) is 5.91 Å². The van der Waals surface area contributed by atoms with Crippen LogP contribution in [0.15, 0.2) is 48.5 Å². The van der Waals surface area contributed by atoms with Crippen LogP contribution < -0.4 is 5.32 Å². The van der Waals surface area contributed by atoms with Crippen LogP contribution in [-0.2, 0) is 4.79 Å². The van der Waals surface area contributed by atoms with Crippen molar-refractivity contribution in [3.8, 4) is 0 Å². The molecule has 0 aliphatic carbocycles. The van der Waals surface area contributed by atoms with Gasteiger partial charge in [0.25, 0.3) is 0 Å². The van der Waals surface area contributed by atoms with Crippen LogP contribution in [0.1, 0.15) is 5.56 Å². The highest BCUT2D eigenvalue weighted by Gasteiger charge is 2.05. The molecule has 0 atom stereocenters. The predicted molar refractivity (Wildman–Crippen MR) is 80.5 cm³/mol. The molecule has 0 aromatic heterocycles. The minimum Gasteiger partial charge on any atom is -0.320 e. The van der Waals surface area contributed by atoms with Crippen LogP contribution in [0.25, 0.3) is 6.08 Å². The molecule has 0 bridgehead atoms. The summed E-state index contributed by atoms with van der Waals surface area (Å²) >= 11 is 11.9. The molecule has 0 saturated carbocycles. The van der Waals surface area contributed by atoms with E-state index in [9.17, 15) is 9.18 Å². The Hall–Kier alpha value is -1.84. The van der Waals surface area contributed by atoms with Gasteiger partial charge in [-0.15, -0.1) is 0 Å². The Balaban J connectivity index is 2.12. The fourth-order valence-electron chi connectivity index (χ4n) is 1.57. The lowest BCUT2D eigenvalue weighted by Gasteiger charge is -2.03. The van der Waals surface area contributed by atoms with E-state index in [1.807, 2.05) is 0 Å². The highest BCUT2D eigenvalue weighted by molar-refractivity contribution is 6.37. The van der Waals surface area contributed by atoms with Crippen molar-refractivity contribution in [2.45, 2.75) is 0 Å². The van der Waals surface area contributed by atoms with E-state index in [1.54, 1.807) is 30.3 Å². The second-order valence-corrected chi connectivity index (χ2v) is 4.75. The van der Waals surface area contributed by atoms with Crippen molar-refractivity contribution < 1.29 is 9.18 Å². The molecule has 2 rings (SSSR count). The molecule has 1 amide bonds. The monoisotopic (exact) mass is 309 g/mol. The molecule has 2 nitrogen and oxygen atoms in total. The van der Waals surface area contributed by atoms with E-state index in [0.29, 0.717) is 15.6 Å². The minimum atomic E-state index is -0.495. The Morgan fingerprint density at radius 1 is 1.05 bits per heavy atom. The molecular weight excluding hydrogens is 300 g/mol. The third-order valence-electron chi connectivity index (χ3n) is 2.53. The zero-order valence-electron chi connectivity index (χ0n) is 10.2. The zero-order chi connectivity index (χ0) is 14.5. The number of amides is 1. The fraction of sp³-hybridized carbons (Fsp3) is 0. The summed E-state index contributed by atoms with van der Waals surface area (Å²) in [4.78, 5) is 11.7. The summed E-state index contributed by atoms with van der Waals surface area (Å²) in [6.45, 7) is 0. The molecule has 0 radical (unpaired) electrons. The molecule has 1 N–H and O–H groups in total. The summed E-state index contributed by atoms with van der Waals surface area (Å²) in [7, 11) is 0. The number of hydrogen-bond acceptors (Lipinski definition) is 1. The second kappa shape index (κ2) is 6.55. The number of para-hydroxylation sites is 1. The van der Waals surface area contributed by atoms with Gasteiger partial charge in [-0.2, -0.15) is 0 Å². The lowest BCUT2D eigenvalue weighted by molar-refractivity contribution is -0.111. The first-order valence-electron chi connectivity index (χ1n) is 5.75. The minimum absolute atomic E-state index is 0.118. The predicted octanol–water partition coefficient (Wildman–Crippen LogP) is 4.78. The van der Waals surface area contributed by atoms with E-state index in [1.165, 1.54) is 24.3 Å². The summed E-state index contributed by atoms with van der Waals surface area (Å²) in [5.74, 6) is -0.962. The molecule has 0 aliphatic rings. The third-order valence-corrected chi connectivity index (χ3v) is 3.19. The van der Waals surface area contributed by atoms with E-state index >= 15 is 0 Å². The molecule has 0 unspecified atom stereocenters. The van der Waals surface area contributed by atoms with Crippen molar-refractivity contribution in [2.75, 3.05) is 5.32 Å². The number of rotatable bonds is 3. The van der Waals surface area contributed by atoms with E-state index < -0.39 is 11.7 Å². The molecule has 5 heteroatoms.